The Labute approximate surface area is 113 Å². The third-order valence-corrected chi connectivity index (χ3v) is 4.28. The van der Waals surface area contributed by atoms with E-state index in [2.05, 4.69) is 21.5 Å². The average Bonchev–Trinajstić information content (AvgIpc) is 2.76. The molecular weight excluding hydrogens is 280 g/mol. The molecular formula is C10H19ClN2O2S2. The molecule has 0 amide bonds. The maximum Gasteiger partial charge on any atom is 0.211 e. The van der Waals surface area contributed by atoms with Crippen LogP contribution in [0.3, 0.4) is 0 Å². The lowest BCUT2D eigenvalue weighted by Gasteiger charge is -2.05. The Bertz CT molecular complexity index is 379. The van der Waals surface area contributed by atoms with E-state index in [0.717, 1.165) is 19.5 Å². The van der Waals surface area contributed by atoms with Gasteiger partial charge in [-0.1, -0.05) is 0 Å². The first-order valence-electron chi connectivity index (χ1n) is 5.33. The van der Waals surface area contributed by atoms with Gasteiger partial charge in [0, 0.05) is 13.1 Å². The molecule has 1 aromatic heterocycles. The Morgan fingerprint density at radius 2 is 2.12 bits per heavy atom. The fourth-order valence-electron chi connectivity index (χ4n) is 1.17. The molecule has 7 heteroatoms. The van der Waals surface area contributed by atoms with E-state index < -0.39 is 10.0 Å². The summed E-state index contributed by atoms with van der Waals surface area (Å²) < 4.78 is 24.7. The first kappa shape index (κ1) is 16.9. The predicted molar refractivity (Wildman–Crippen MR) is 75.4 cm³/mol. The maximum absolute atomic E-state index is 11.1. The van der Waals surface area contributed by atoms with Gasteiger partial charge in [-0.2, -0.15) is 11.3 Å². The fraction of sp³-hybridized carbons (Fsp3) is 0.600. The molecule has 100 valence electrons. The van der Waals surface area contributed by atoms with Crippen LogP contribution in [0.4, 0.5) is 0 Å². The second-order valence-corrected chi connectivity index (χ2v) is 6.34. The Balaban J connectivity index is 0.00000256. The highest BCUT2D eigenvalue weighted by molar-refractivity contribution is 7.89. The molecule has 0 aliphatic rings. The summed E-state index contributed by atoms with van der Waals surface area (Å²) in [4.78, 5) is 0. The Morgan fingerprint density at radius 1 is 1.35 bits per heavy atom. The van der Waals surface area contributed by atoms with Crippen molar-refractivity contribution in [1.82, 2.24) is 10.0 Å². The zero-order valence-corrected chi connectivity index (χ0v) is 12.3. The van der Waals surface area contributed by atoms with E-state index in [0.29, 0.717) is 6.54 Å². The van der Waals surface area contributed by atoms with Crippen LogP contribution in [-0.2, 0) is 16.6 Å². The van der Waals surface area contributed by atoms with Gasteiger partial charge >= 0.3 is 0 Å². The van der Waals surface area contributed by atoms with Gasteiger partial charge in [0.25, 0.3) is 0 Å². The van der Waals surface area contributed by atoms with Crippen molar-refractivity contribution >= 4 is 33.8 Å². The standard InChI is InChI=1S/C10H18N2O2S2.ClH/c1-2-16(13,14)12-6-3-5-11-8-10-4-7-15-9-10;/h4,7,9,11-12H,2-3,5-6,8H2,1H3;1H. The SMILES string of the molecule is CCS(=O)(=O)NCCCNCc1ccsc1.Cl. The molecule has 1 rings (SSSR count). The first-order valence-corrected chi connectivity index (χ1v) is 7.92. The molecule has 0 spiro atoms. The topological polar surface area (TPSA) is 58.2 Å². The van der Waals surface area contributed by atoms with Gasteiger partial charge in [-0.3, -0.25) is 0 Å². The van der Waals surface area contributed by atoms with E-state index in [9.17, 15) is 8.42 Å². The van der Waals surface area contributed by atoms with E-state index in [1.54, 1.807) is 18.3 Å². The summed E-state index contributed by atoms with van der Waals surface area (Å²) >= 11 is 1.68. The molecule has 4 nitrogen and oxygen atoms in total. The van der Waals surface area contributed by atoms with Crippen LogP contribution in [0.5, 0.6) is 0 Å². The van der Waals surface area contributed by atoms with Gasteiger partial charge in [-0.15, -0.1) is 12.4 Å². The molecule has 0 fully saturated rings. The van der Waals surface area contributed by atoms with E-state index >= 15 is 0 Å². The molecule has 0 radical (unpaired) electrons. The number of hydrogen-bond donors (Lipinski definition) is 2. The first-order chi connectivity index (χ1) is 7.64. The molecule has 0 saturated heterocycles. The zero-order chi connectivity index (χ0) is 11.9. The van der Waals surface area contributed by atoms with Crippen LogP contribution in [0.2, 0.25) is 0 Å². The molecule has 0 aliphatic heterocycles. The van der Waals surface area contributed by atoms with Crippen LogP contribution in [0.1, 0.15) is 18.9 Å². The Kier molecular flexibility index (Phi) is 8.81. The van der Waals surface area contributed by atoms with Crippen LogP contribution >= 0.6 is 23.7 Å². The van der Waals surface area contributed by atoms with Crippen LogP contribution in [0, 0.1) is 0 Å². The van der Waals surface area contributed by atoms with Crippen LogP contribution in [-0.4, -0.2) is 27.3 Å². The molecule has 0 aromatic carbocycles. The van der Waals surface area contributed by atoms with Crippen molar-refractivity contribution < 1.29 is 8.42 Å². The van der Waals surface area contributed by atoms with Gasteiger partial charge in [0.1, 0.15) is 0 Å². The molecule has 2 N–H and O–H groups in total. The summed E-state index contributed by atoms with van der Waals surface area (Å²) in [6.45, 7) is 3.82. The molecule has 0 aliphatic carbocycles. The van der Waals surface area contributed by atoms with E-state index in [4.69, 9.17) is 0 Å². The van der Waals surface area contributed by atoms with E-state index in [1.807, 2.05) is 5.38 Å². The number of rotatable bonds is 8. The minimum atomic E-state index is -3.03. The molecule has 17 heavy (non-hydrogen) atoms. The number of nitrogens with one attached hydrogen (secondary N) is 2. The van der Waals surface area contributed by atoms with Gasteiger partial charge in [0.2, 0.25) is 10.0 Å². The minimum absolute atomic E-state index is 0. The van der Waals surface area contributed by atoms with Crippen molar-refractivity contribution in [2.75, 3.05) is 18.8 Å². The summed E-state index contributed by atoms with van der Waals surface area (Å²) in [6.07, 6.45) is 0.809. The van der Waals surface area contributed by atoms with Gasteiger partial charge in [0.05, 0.1) is 5.75 Å². The van der Waals surface area contributed by atoms with Crippen molar-refractivity contribution in [3.8, 4) is 0 Å². The fourth-order valence-corrected chi connectivity index (χ4v) is 2.50. The molecule has 0 saturated carbocycles. The minimum Gasteiger partial charge on any atom is -0.313 e. The lowest BCUT2D eigenvalue weighted by molar-refractivity contribution is 0.575. The normalized spacial score (nSPS) is 11.1. The predicted octanol–water partition coefficient (Wildman–Crippen LogP) is 1.59. The van der Waals surface area contributed by atoms with Crippen molar-refractivity contribution in [3.05, 3.63) is 22.4 Å². The number of hydrogen-bond acceptors (Lipinski definition) is 4. The average molecular weight is 299 g/mol. The van der Waals surface area contributed by atoms with Crippen LogP contribution in [0.25, 0.3) is 0 Å². The third-order valence-electron chi connectivity index (χ3n) is 2.14. The van der Waals surface area contributed by atoms with Gasteiger partial charge in [0.15, 0.2) is 0 Å². The maximum atomic E-state index is 11.1. The lowest BCUT2D eigenvalue weighted by atomic mass is 10.3. The summed E-state index contributed by atoms with van der Waals surface area (Å²) in [5, 5.41) is 7.42. The highest BCUT2D eigenvalue weighted by Gasteiger charge is 2.03. The van der Waals surface area contributed by atoms with Crippen molar-refractivity contribution in [2.45, 2.75) is 19.9 Å². The highest BCUT2D eigenvalue weighted by atomic mass is 35.5. The monoisotopic (exact) mass is 298 g/mol. The smallest absolute Gasteiger partial charge is 0.211 e. The van der Waals surface area contributed by atoms with E-state index in [-0.39, 0.29) is 18.2 Å². The largest absolute Gasteiger partial charge is 0.313 e. The second kappa shape index (κ2) is 8.88. The Hall–Kier alpha value is -0.140. The van der Waals surface area contributed by atoms with Gasteiger partial charge in [-0.25, -0.2) is 13.1 Å². The third kappa shape index (κ3) is 7.72. The van der Waals surface area contributed by atoms with Crippen molar-refractivity contribution in [2.24, 2.45) is 0 Å². The lowest BCUT2D eigenvalue weighted by Crippen LogP contribution is -2.28. The molecule has 0 bridgehead atoms. The highest BCUT2D eigenvalue weighted by Crippen LogP contribution is 2.04. The van der Waals surface area contributed by atoms with Crippen molar-refractivity contribution in [3.63, 3.8) is 0 Å². The molecule has 0 unspecified atom stereocenters. The quantitative estimate of drug-likeness (QED) is 0.717. The second-order valence-electron chi connectivity index (χ2n) is 3.46. The van der Waals surface area contributed by atoms with Gasteiger partial charge in [-0.05, 0) is 42.3 Å². The summed E-state index contributed by atoms with van der Waals surface area (Å²) in [6, 6.07) is 2.08. The van der Waals surface area contributed by atoms with Crippen LogP contribution < -0.4 is 10.0 Å². The number of thiophene rings is 1. The van der Waals surface area contributed by atoms with E-state index in [1.165, 1.54) is 5.56 Å². The van der Waals surface area contributed by atoms with Gasteiger partial charge < -0.3 is 5.32 Å². The van der Waals surface area contributed by atoms with Crippen molar-refractivity contribution in [1.29, 1.82) is 0 Å². The molecule has 1 aromatic rings. The summed E-state index contributed by atoms with van der Waals surface area (Å²) in [7, 11) is -3.03. The summed E-state index contributed by atoms with van der Waals surface area (Å²) in [5.74, 6) is 0.148. The number of sulfonamides is 1. The molecule has 1 heterocycles. The molecule has 0 atom stereocenters. The number of halogens is 1. The summed E-state index contributed by atoms with van der Waals surface area (Å²) in [5.41, 5.74) is 1.28. The van der Waals surface area contributed by atoms with Crippen LogP contribution in [0.15, 0.2) is 16.8 Å². The Morgan fingerprint density at radius 3 is 2.71 bits per heavy atom. The zero-order valence-electron chi connectivity index (χ0n) is 9.81.